The van der Waals surface area contributed by atoms with Crippen LogP contribution < -0.4 is 21.3 Å². The Hall–Kier alpha value is -3.80. The highest BCUT2D eigenvalue weighted by Gasteiger charge is 2.17. The molecule has 1 heterocycles. The molecular formula is C22H22N6. The Labute approximate surface area is 164 Å². The number of rotatable bonds is 4. The molecule has 0 aromatic heterocycles. The van der Waals surface area contributed by atoms with E-state index in [0.29, 0.717) is 11.9 Å². The Bertz CT molecular complexity index is 925. The van der Waals surface area contributed by atoms with Crippen molar-refractivity contribution in [3.8, 4) is 0 Å². The first-order valence-corrected chi connectivity index (χ1v) is 9.15. The van der Waals surface area contributed by atoms with Crippen LogP contribution in [0.15, 0.2) is 94.9 Å². The Kier molecular flexibility index (Phi) is 5.20. The number of aliphatic imine (C=N–C) groups is 2. The molecule has 0 saturated carbocycles. The van der Waals surface area contributed by atoms with E-state index in [-0.39, 0.29) is 0 Å². The normalized spacial score (nSPS) is 13.8. The van der Waals surface area contributed by atoms with Gasteiger partial charge < -0.3 is 16.0 Å². The summed E-state index contributed by atoms with van der Waals surface area (Å²) in [7, 11) is 0. The van der Waals surface area contributed by atoms with Crippen LogP contribution >= 0.6 is 0 Å². The van der Waals surface area contributed by atoms with E-state index in [4.69, 9.17) is 0 Å². The third kappa shape index (κ3) is 4.48. The van der Waals surface area contributed by atoms with Crippen molar-refractivity contribution < 1.29 is 0 Å². The number of guanidine groups is 2. The summed E-state index contributed by atoms with van der Waals surface area (Å²) in [4.78, 5) is 9.32. The van der Waals surface area contributed by atoms with Crippen molar-refractivity contribution in [2.75, 3.05) is 16.0 Å². The van der Waals surface area contributed by atoms with Gasteiger partial charge in [-0.15, -0.1) is 0 Å². The number of nitrogens with one attached hydrogen (secondary N) is 4. The second-order valence-electron chi connectivity index (χ2n) is 6.40. The fraction of sp³-hybridized carbons (Fsp3) is 0.0909. The van der Waals surface area contributed by atoms with Gasteiger partial charge in [-0.2, -0.15) is 0 Å². The van der Waals surface area contributed by atoms with Crippen LogP contribution in [0.2, 0.25) is 0 Å². The lowest BCUT2D eigenvalue weighted by Crippen LogP contribution is -2.45. The minimum absolute atomic E-state index is 0.459. The highest BCUT2D eigenvalue weighted by molar-refractivity contribution is 6.10. The summed E-state index contributed by atoms with van der Waals surface area (Å²) in [5, 5.41) is 13.2. The molecular weight excluding hydrogens is 348 g/mol. The van der Waals surface area contributed by atoms with Gasteiger partial charge in [0.05, 0.1) is 0 Å². The van der Waals surface area contributed by atoms with E-state index in [9.17, 15) is 0 Å². The van der Waals surface area contributed by atoms with Gasteiger partial charge in [0, 0.05) is 17.1 Å². The average Bonchev–Trinajstić information content (AvgIpc) is 2.71. The molecule has 0 radical (unpaired) electrons. The summed E-state index contributed by atoms with van der Waals surface area (Å²) in [6, 6.07) is 27.9. The summed E-state index contributed by atoms with van der Waals surface area (Å²) in [6.07, 6.45) is -0.459. The predicted molar refractivity (Wildman–Crippen MR) is 117 cm³/mol. The van der Waals surface area contributed by atoms with E-state index in [1.165, 1.54) is 0 Å². The largest absolute Gasteiger partial charge is 0.345 e. The molecule has 28 heavy (non-hydrogen) atoms. The molecule has 0 atom stereocenters. The van der Waals surface area contributed by atoms with Crippen molar-refractivity contribution >= 4 is 29.0 Å². The van der Waals surface area contributed by atoms with Gasteiger partial charge >= 0.3 is 0 Å². The third-order valence-electron chi connectivity index (χ3n) is 4.24. The van der Waals surface area contributed by atoms with Gasteiger partial charge in [0.15, 0.2) is 0 Å². The number of nitrogens with zero attached hydrogens (tertiary/aromatic N) is 2. The van der Waals surface area contributed by atoms with Crippen molar-refractivity contribution in [1.29, 1.82) is 0 Å². The molecule has 3 aromatic carbocycles. The minimum Gasteiger partial charge on any atom is -0.345 e. The molecule has 0 aliphatic carbocycles. The van der Waals surface area contributed by atoms with Crippen LogP contribution in [0.5, 0.6) is 0 Å². The molecule has 0 fully saturated rings. The lowest BCUT2D eigenvalue weighted by atomic mass is 10.2. The summed E-state index contributed by atoms with van der Waals surface area (Å²) >= 11 is 0. The number of para-hydroxylation sites is 3. The number of hydrogen-bond donors (Lipinski definition) is 4. The predicted octanol–water partition coefficient (Wildman–Crippen LogP) is 4.23. The molecule has 4 rings (SSSR count). The van der Waals surface area contributed by atoms with Crippen LogP contribution in [0.1, 0.15) is 5.56 Å². The topological polar surface area (TPSA) is 72.8 Å². The number of benzene rings is 3. The summed E-state index contributed by atoms with van der Waals surface area (Å²) in [5.41, 5.74) is 4.04. The van der Waals surface area contributed by atoms with Crippen LogP contribution in [-0.2, 0) is 0 Å². The maximum atomic E-state index is 4.66. The average molecular weight is 370 g/mol. The van der Waals surface area contributed by atoms with Crippen molar-refractivity contribution in [2.45, 2.75) is 13.2 Å². The molecule has 1 aliphatic heterocycles. The van der Waals surface area contributed by atoms with Gasteiger partial charge in [-0.1, -0.05) is 54.6 Å². The zero-order chi connectivity index (χ0) is 19.2. The molecule has 4 N–H and O–H groups in total. The summed E-state index contributed by atoms with van der Waals surface area (Å²) in [5.74, 6) is 1.23. The Balaban J connectivity index is 1.57. The highest BCUT2D eigenvalue weighted by Crippen LogP contribution is 2.17. The second-order valence-corrected chi connectivity index (χ2v) is 6.40. The zero-order valence-corrected chi connectivity index (χ0v) is 15.6. The molecule has 6 heteroatoms. The Morgan fingerprint density at radius 2 is 1.18 bits per heavy atom. The first-order chi connectivity index (χ1) is 13.8. The summed E-state index contributed by atoms with van der Waals surface area (Å²) in [6.45, 7) is 2.06. The molecule has 0 spiro atoms. The van der Waals surface area contributed by atoms with E-state index in [1.807, 2.05) is 78.9 Å². The monoisotopic (exact) mass is 370 g/mol. The molecule has 0 saturated heterocycles. The first kappa shape index (κ1) is 17.6. The van der Waals surface area contributed by atoms with Crippen molar-refractivity contribution in [3.63, 3.8) is 0 Å². The number of hydrogen-bond acceptors (Lipinski definition) is 6. The van der Waals surface area contributed by atoms with E-state index in [2.05, 4.69) is 44.2 Å². The van der Waals surface area contributed by atoms with Gasteiger partial charge in [-0.25, -0.2) is 9.98 Å². The van der Waals surface area contributed by atoms with Gasteiger partial charge in [0.2, 0.25) is 18.2 Å². The minimum atomic E-state index is -0.459. The van der Waals surface area contributed by atoms with E-state index in [0.717, 1.165) is 22.6 Å². The van der Waals surface area contributed by atoms with Gasteiger partial charge in [0.25, 0.3) is 0 Å². The SMILES string of the molecule is Cc1ccccc1NC1N=C(Nc2ccccc2)NC(Nc2ccccc2)=N1. The fourth-order valence-electron chi connectivity index (χ4n) is 2.83. The summed E-state index contributed by atoms with van der Waals surface area (Å²) < 4.78 is 0. The second kappa shape index (κ2) is 8.26. The zero-order valence-electron chi connectivity index (χ0n) is 15.6. The van der Waals surface area contributed by atoms with Crippen LogP contribution in [0.3, 0.4) is 0 Å². The maximum absolute atomic E-state index is 4.66. The standard InChI is InChI=1S/C22H22N6/c1-16-10-8-9-15-19(16)25-22-27-20(23-17-11-4-2-5-12-17)26-21(28-22)24-18-13-6-3-7-14-18/h2-15,22,25H,1H3,(H3,23,24,26,27,28). The van der Waals surface area contributed by atoms with Crippen molar-refractivity contribution in [1.82, 2.24) is 5.32 Å². The molecule has 0 amide bonds. The lowest BCUT2D eigenvalue weighted by Gasteiger charge is -2.24. The van der Waals surface area contributed by atoms with E-state index < -0.39 is 6.29 Å². The van der Waals surface area contributed by atoms with Crippen LogP contribution in [0.4, 0.5) is 17.1 Å². The maximum Gasteiger partial charge on any atom is 0.221 e. The van der Waals surface area contributed by atoms with Crippen molar-refractivity contribution in [2.24, 2.45) is 9.98 Å². The highest BCUT2D eigenvalue weighted by atomic mass is 15.4. The fourth-order valence-corrected chi connectivity index (χ4v) is 2.83. The number of aryl methyl sites for hydroxylation is 1. The third-order valence-corrected chi connectivity index (χ3v) is 4.24. The quantitative estimate of drug-likeness (QED) is 0.555. The Morgan fingerprint density at radius 1 is 0.679 bits per heavy atom. The van der Waals surface area contributed by atoms with Crippen molar-refractivity contribution in [3.05, 3.63) is 90.5 Å². The van der Waals surface area contributed by atoms with E-state index in [1.54, 1.807) is 0 Å². The molecule has 1 aliphatic rings. The van der Waals surface area contributed by atoms with Gasteiger partial charge in [0.1, 0.15) is 0 Å². The lowest BCUT2D eigenvalue weighted by molar-refractivity contribution is 0.783. The van der Waals surface area contributed by atoms with Gasteiger partial charge in [-0.3, -0.25) is 5.32 Å². The molecule has 6 nitrogen and oxygen atoms in total. The smallest absolute Gasteiger partial charge is 0.221 e. The molecule has 0 unspecified atom stereocenters. The van der Waals surface area contributed by atoms with Crippen LogP contribution in [0, 0.1) is 6.92 Å². The Morgan fingerprint density at radius 3 is 1.71 bits per heavy atom. The number of anilines is 3. The molecule has 140 valence electrons. The molecule has 0 bridgehead atoms. The first-order valence-electron chi connectivity index (χ1n) is 9.15. The van der Waals surface area contributed by atoms with E-state index >= 15 is 0 Å². The van der Waals surface area contributed by atoms with Crippen LogP contribution in [-0.4, -0.2) is 18.2 Å². The molecule has 3 aromatic rings. The van der Waals surface area contributed by atoms with Crippen LogP contribution in [0.25, 0.3) is 0 Å². The van der Waals surface area contributed by atoms with Gasteiger partial charge in [-0.05, 0) is 42.8 Å².